The lowest BCUT2D eigenvalue weighted by molar-refractivity contribution is -0.119. The van der Waals surface area contributed by atoms with Crippen molar-refractivity contribution < 1.29 is 4.79 Å². The molecule has 1 aromatic heterocycles. The van der Waals surface area contributed by atoms with E-state index in [-0.39, 0.29) is 12.5 Å². The summed E-state index contributed by atoms with van der Waals surface area (Å²) in [5.74, 6) is 0.985. The van der Waals surface area contributed by atoms with E-state index in [1.165, 1.54) is 0 Å². The second-order valence-corrected chi connectivity index (χ2v) is 2.75. The van der Waals surface area contributed by atoms with Crippen molar-refractivity contribution in [2.75, 3.05) is 24.1 Å². The Morgan fingerprint density at radius 3 is 3.00 bits per heavy atom. The molecule has 76 valence electrons. The number of hydrogen-bond acceptors (Lipinski definition) is 4. The zero-order valence-corrected chi connectivity index (χ0v) is 8.08. The van der Waals surface area contributed by atoms with Gasteiger partial charge >= 0.3 is 0 Å². The number of rotatable bonds is 4. The first kappa shape index (κ1) is 10.3. The molecule has 0 fully saturated rings. The van der Waals surface area contributed by atoms with Crippen LogP contribution < -0.4 is 16.4 Å². The first-order valence-electron chi connectivity index (χ1n) is 4.45. The molecular formula is C9H14N4O. The molecule has 1 heterocycles. The van der Waals surface area contributed by atoms with E-state index in [2.05, 4.69) is 15.6 Å². The number of pyridine rings is 1. The maximum absolute atomic E-state index is 11.1. The molecule has 0 unspecified atom stereocenters. The van der Waals surface area contributed by atoms with E-state index < -0.39 is 0 Å². The topological polar surface area (TPSA) is 80.0 Å². The number of anilines is 2. The lowest BCUT2D eigenvalue weighted by Gasteiger charge is -2.05. The molecule has 0 aliphatic heterocycles. The number of hydrogen-bond donors (Lipinski definition) is 3. The van der Waals surface area contributed by atoms with Crippen LogP contribution in [-0.4, -0.2) is 24.0 Å². The summed E-state index contributed by atoms with van der Waals surface area (Å²) in [5, 5.41) is 5.54. The van der Waals surface area contributed by atoms with Gasteiger partial charge in [-0.3, -0.25) is 4.79 Å². The molecule has 4 N–H and O–H groups in total. The minimum atomic E-state index is -0.0586. The van der Waals surface area contributed by atoms with Crippen LogP contribution >= 0.6 is 0 Å². The maximum Gasteiger partial charge on any atom is 0.239 e. The summed E-state index contributed by atoms with van der Waals surface area (Å²) < 4.78 is 0. The van der Waals surface area contributed by atoms with Gasteiger partial charge in [0.15, 0.2) is 0 Å². The highest BCUT2D eigenvalue weighted by Gasteiger charge is 1.99. The molecular weight excluding hydrogens is 180 g/mol. The van der Waals surface area contributed by atoms with Crippen molar-refractivity contribution in [3.8, 4) is 0 Å². The third kappa shape index (κ3) is 3.30. The van der Waals surface area contributed by atoms with Crippen LogP contribution in [0.15, 0.2) is 18.2 Å². The van der Waals surface area contributed by atoms with Gasteiger partial charge < -0.3 is 16.4 Å². The predicted molar refractivity (Wildman–Crippen MR) is 55.8 cm³/mol. The average Bonchev–Trinajstić information content (AvgIpc) is 2.15. The van der Waals surface area contributed by atoms with Gasteiger partial charge in [0.05, 0.1) is 6.54 Å². The zero-order valence-electron chi connectivity index (χ0n) is 8.08. The number of nitrogen functional groups attached to an aromatic ring is 1. The summed E-state index contributed by atoms with van der Waals surface area (Å²) in [5.41, 5.74) is 5.47. The summed E-state index contributed by atoms with van der Waals surface area (Å²) in [4.78, 5) is 15.1. The monoisotopic (exact) mass is 194 g/mol. The quantitative estimate of drug-likeness (QED) is 0.640. The van der Waals surface area contributed by atoms with E-state index in [0.717, 1.165) is 0 Å². The second kappa shape index (κ2) is 5.06. The van der Waals surface area contributed by atoms with E-state index in [4.69, 9.17) is 5.73 Å². The Kier molecular flexibility index (Phi) is 3.72. The van der Waals surface area contributed by atoms with E-state index in [9.17, 15) is 4.79 Å². The molecule has 1 aromatic rings. The number of amides is 1. The van der Waals surface area contributed by atoms with E-state index >= 15 is 0 Å². The van der Waals surface area contributed by atoms with Gasteiger partial charge in [-0.15, -0.1) is 0 Å². The molecule has 0 spiro atoms. The van der Waals surface area contributed by atoms with Crippen LogP contribution in [0.3, 0.4) is 0 Å². The summed E-state index contributed by atoms with van der Waals surface area (Å²) in [6.07, 6.45) is 0. The van der Waals surface area contributed by atoms with Crippen LogP contribution in [0, 0.1) is 0 Å². The molecule has 1 amide bonds. The molecule has 0 atom stereocenters. The SMILES string of the molecule is CCNC(=O)CNc1cccc(N)n1. The Morgan fingerprint density at radius 1 is 1.57 bits per heavy atom. The molecule has 0 aliphatic rings. The van der Waals surface area contributed by atoms with Crippen molar-refractivity contribution >= 4 is 17.5 Å². The molecule has 0 radical (unpaired) electrons. The number of nitrogens with zero attached hydrogens (tertiary/aromatic N) is 1. The number of likely N-dealkylation sites (N-methyl/N-ethyl adjacent to an activating group) is 1. The van der Waals surface area contributed by atoms with Crippen LogP contribution in [0.1, 0.15) is 6.92 Å². The fourth-order valence-electron chi connectivity index (χ4n) is 0.980. The Morgan fingerprint density at radius 2 is 2.36 bits per heavy atom. The Hall–Kier alpha value is -1.78. The first-order chi connectivity index (χ1) is 6.72. The lowest BCUT2D eigenvalue weighted by Crippen LogP contribution is -2.29. The van der Waals surface area contributed by atoms with Gasteiger partial charge in [0.1, 0.15) is 11.6 Å². The Balaban J connectivity index is 2.41. The standard InChI is InChI=1S/C9H14N4O/c1-2-11-9(14)6-12-8-5-3-4-7(10)13-8/h3-5H,2,6H2,1H3,(H,11,14)(H3,10,12,13). The zero-order chi connectivity index (χ0) is 10.4. The fourth-order valence-corrected chi connectivity index (χ4v) is 0.980. The van der Waals surface area contributed by atoms with Crippen molar-refractivity contribution in [2.24, 2.45) is 0 Å². The summed E-state index contributed by atoms with van der Waals surface area (Å²) in [6.45, 7) is 2.71. The molecule has 0 bridgehead atoms. The summed E-state index contributed by atoms with van der Waals surface area (Å²) in [6, 6.07) is 5.23. The van der Waals surface area contributed by atoms with Crippen LogP contribution in [0.2, 0.25) is 0 Å². The van der Waals surface area contributed by atoms with Gasteiger partial charge in [0.25, 0.3) is 0 Å². The minimum absolute atomic E-state index is 0.0586. The molecule has 0 saturated heterocycles. The van der Waals surface area contributed by atoms with Crippen LogP contribution in [0.4, 0.5) is 11.6 Å². The molecule has 1 rings (SSSR count). The fraction of sp³-hybridized carbons (Fsp3) is 0.333. The Bertz CT molecular complexity index is 313. The van der Waals surface area contributed by atoms with Crippen molar-refractivity contribution in [2.45, 2.75) is 6.92 Å². The number of aromatic nitrogens is 1. The van der Waals surface area contributed by atoms with E-state index in [0.29, 0.717) is 18.2 Å². The summed E-state index contributed by atoms with van der Waals surface area (Å²) in [7, 11) is 0. The highest BCUT2D eigenvalue weighted by atomic mass is 16.1. The predicted octanol–water partition coefficient (Wildman–Crippen LogP) is 0.212. The molecule has 0 saturated carbocycles. The third-order valence-corrected chi connectivity index (χ3v) is 1.57. The van der Waals surface area contributed by atoms with Gasteiger partial charge in [0, 0.05) is 6.54 Å². The van der Waals surface area contributed by atoms with Gasteiger partial charge in [-0.05, 0) is 19.1 Å². The van der Waals surface area contributed by atoms with Crippen molar-refractivity contribution in [3.63, 3.8) is 0 Å². The smallest absolute Gasteiger partial charge is 0.239 e. The number of nitrogens with two attached hydrogens (primary N) is 1. The minimum Gasteiger partial charge on any atom is -0.384 e. The Labute approximate surface area is 82.7 Å². The first-order valence-corrected chi connectivity index (χ1v) is 4.45. The summed E-state index contributed by atoms with van der Waals surface area (Å²) >= 11 is 0. The third-order valence-electron chi connectivity index (χ3n) is 1.57. The normalized spacial score (nSPS) is 9.50. The highest BCUT2D eigenvalue weighted by Crippen LogP contribution is 2.04. The van der Waals surface area contributed by atoms with E-state index in [1.54, 1.807) is 18.2 Å². The molecule has 5 nitrogen and oxygen atoms in total. The van der Waals surface area contributed by atoms with Gasteiger partial charge in [0.2, 0.25) is 5.91 Å². The van der Waals surface area contributed by atoms with Crippen molar-refractivity contribution in [1.82, 2.24) is 10.3 Å². The highest BCUT2D eigenvalue weighted by molar-refractivity contribution is 5.80. The second-order valence-electron chi connectivity index (χ2n) is 2.75. The van der Waals surface area contributed by atoms with Gasteiger partial charge in [-0.2, -0.15) is 0 Å². The molecule has 0 aromatic carbocycles. The lowest BCUT2D eigenvalue weighted by atomic mass is 10.4. The number of nitrogens with one attached hydrogen (secondary N) is 2. The van der Waals surface area contributed by atoms with Crippen LogP contribution in [0.5, 0.6) is 0 Å². The van der Waals surface area contributed by atoms with Crippen molar-refractivity contribution in [1.29, 1.82) is 0 Å². The van der Waals surface area contributed by atoms with Crippen molar-refractivity contribution in [3.05, 3.63) is 18.2 Å². The van der Waals surface area contributed by atoms with Gasteiger partial charge in [-0.25, -0.2) is 4.98 Å². The molecule has 0 aliphatic carbocycles. The van der Waals surface area contributed by atoms with Crippen LogP contribution in [-0.2, 0) is 4.79 Å². The average molecular weight is 194 g/mol. The molecule has 5 heteroatoms. The largest absolute Gasteiger partial charge is 0.384 e. The molecule has 14 heavy (non-hydrogen) atoms. The van der Waals surface area contributed by atoms with Gasteiger partial charge in [-0.1, -0.05) is 6.07 Å². The van der Waals surface area contributed by atoms with Crippen LogP contribution in [0.25, 0.3) is 0 Å². The number of carbonyl (C=O) groups excluding carboxylic acids is 1. The van der Waals surface area contributed by atoms with E-state index in [1.807, 2.05) is 6.92 Å². The maximum atomic E-state index is 11.1. The number of carbonyl (C=O) groups is 1.